The summed E-state index contributed by atoms with van der Waals surface area (Å²) in [5.74, 6) is 1.38. The summed E-state index contributed by atoms with van der Waals surface area (Å²) in [5, 5.41) is 2.73. The molecule has 0 spiro atoms. The fourth-order valence-electron chi connectivity index (χ4n) is 7.75. The van der Waals surface area contributed by atoms with Crippen LogP contribution >= 0.6 is 0 Å². The maximum Gasteiger partial charge on any atom is 0.410 e. The smallest absolute Gasteiger partial charge is 0.410 e. The second-order valence-corrected chi connectivity index (χ2v) is 15.5. The fourth-order valence-corrected chi connectivity index (χ4v) is 7.75. The van der Waals surface area contributed by atoms with Crippen LogP contribution in [0.4, 0.5) is 9.59 Å². The number of methoxy groups -OCH3 is 1. The van der Waals surface area contributed by atoms with Crippen molar-refractivity contribution in [1.82, 2.24) is 35.1 Å². The number of fused-ring (bicyclic) bond motifs is 3. The van der Waals surface area contributed by atoms with E-state index in [1.54, 1.807) is 4.90 Å². The number of H-pyrrole nitrogens is 2. The van der Waals surface area contributed by atoms with Gasteiger partial charge in [0.1, 0.15) is 23.3 Å². The molecule has 3 aliphatic rings. The van der Waals surface area contributed by atoms with Crippen molar-refractivity contribution in [3.8, 4) is 33.6 Å². The van der Waals surface area contributed by atoms with Crippen molar-refractivity contribution >= 4 is 18.1 Å². The number of ether oxygens (including phenoxy) is 2. The van der Waals surface area contributed by atoms with E-state index >= 15 is 0 Å². The van der Waals surface area contributed by atoms with Crippen molar-refractivity contribution in [1.29, 1.82) is 0 Å². The molecule has 0 saturated carbocycles. The molecule has 274 valence electrons. The first-order valence-corrected chi connectivity index (χ1v) is 18.4. The quantitative estimate of drug-likeness (QED) is 0.182. The highest BCUT2D eigenvalue weighted by atomic mass is 16.6. The second kappa shape index (κ2) is 14.1. The van der Waals surface area contributed by atoms with E-state index in [1.165, 1.54) is 12.7 Å². The van der Waals surface area contributed by atoms with Crippen molar-refractivity contribution in [2.45, 2.75) is 96.9 Å². The summed E-state index contributed by atoms with van der Waals surface area (Å²) in [4.78, 5) is 58.9. The molecular weight excluding hydrogens is 658 g/mol. The standard InChI is InChI=1S/C40H49N7O5/c1-23(2)33(45-38(49)51-6)37(48)46-19-7-10-32(46)36-42-29-18-16-27-21-26(15-17-28(27)34(29)44-36)24-11-13-25(14-12-24)30-22-41-35(43-30)31-9-8-20-47(31)39(50)52-40(3,4)5/h11-15,17,21-23,31-33H,7-10,16,18-20H2,1-6H3,(H,41,43)(H,42,44)(H,45,49)/t31?,32-,33-/m0/s1. The predicted octanol–water partition coefficient (Wildman–Crippen LogP) is 7.35. The van der Waals surface area contributed by atoms with Crippen LogP contribution in [0.2, 0.25) is 0 Å². The van der Waals surface area contributed by atoms with Gasteiger partial charge in [-0.15, -0.1) is 0 Å². The summed E-state index contributed by atoms with van der Waals surface area (Å²) in [6, 6.07) is 14.1. The van der Waals surface area contributed by atoms with E-state index in [9.17, 15) is 14.4 Å². The van der Waals surface area contributed by atoms with Crippen LogP contribution in [0, 0.1) is 5.92 Å². The van der Waals surface area contributed by atoms with Gasteiger partial charge in [0.25, 0.3) is 0 Å². The Morgan fingerprint density at radius 3 is 2.25 bits per heavy atom. The van der Waals surface area contributed by atoms with Crippen molar-refractivity contribution in [3.05, 3.63) is 71.6 Å². The normalized spacial score (nSPS) is 19.0. The molecule has 2 fully saturated rings. The van der Waals surface area contributed by atoms with Crippen LogP contribution in [0.5, 0.6) is 0 Å². The van der Waals surface area contributed by atoms with Gasteiger partial charge >= 0.3 is 12.2 Å². The monoisotopic (exact) mass is 707 g/mol. The van der Waals surface area contributed by atoms with Crippen LogP contribution in [-0.2, 0) is 27.1 Å². The van der Waals surface area contributed by atoms with Crippen LogP contribution < -0.4 is 5.32 Å². The number of benzene rings is 2. The summed E-state index contributed by atoms with van der Waals surface area (Å²) in [5.41, 5.74) is 8.10. The van der Waals surface area contributed by atoms with Crippen molar-refractivity contribution < 1.29 is 23.9 Å². The van der Waals surface area contributed by atoms with Gasteiger partial charge in [0.2, 0.25) is 5.91 Å². The molecule has 2 aliphatic heterocycles. The third-order valence-electron chi connectivity index (χ3n) is 10.4. The third-order valence-corrected chi connectivity index (χ3v) is 10.4. The van der Waals surface area contributed by atoms with Gasteiger partial charge in [0.15, 0.2) is 0 Å². The lowest BCUT2D eigenvalue weighted by atomic mass is 9.89. The Balaban J connectivity index is 1.06. The topological polar surface area (TPSA) is 146 Å². The van der Waals surface area contributed by atoms with Crippen LogP contribution in [0.3, 0.4) is 0 Å². The molecule has 0 bridgehead atoms. The highest BCUT2D eigenvalue weighted by Crippen LogP contribution is 2.39. The first-order valence-electron chi connectivity index (χ1n) is 18.4. The Morgan fingerprint density at radius 2 is 1.56 bits per heavy atom. The Hall–Kier alpha value is -5.13. The molecule has 2 saturated heterocycles. The van der Waals surface area contributed by atoms with Gasteiger partial charge in [-0.05, 0) is 87.5 Å². The van der Waals surface area contributed by atoms with Gasteiger partial charge in [0.05, 0.1) is 42.5 Å². The number of imidazole rings is 2. The van der Waals surface area contributed by atoms with Crippen molar-refractivity contribution in [3.63, 3.8) is 0 Å². The first kappa shape index (κ1) is 35.3. The van der Waals surface area contributed by atoms with E-state index in [4.69, 9.17) is 14.5 Å². The largest absolute Gasteiger partial charge is 0.453 e. The van der Waals surface area contributed by atoms with Gasteiger partial charge in [-0.2, -0.15) is 0 Å². The Labute approximate surface area is 304 Å². The number of alkyl carbamates (subject to hydrolysis) is 1. The molecule has 0 radical (unpaired) electrons. The minimum absolute atomic E-state index is 0.0893. The highest BCUT2D eigenvalue weighted by Gasteiger charge is 2.39. The van der Waals surface area contributed by atoms with E-state index in [-0.39, 0.29) is 30.0 Å². The molecule has 1 aliphatic carbocycles. The van der Waals surface area contributed by atoms with E-state index in [0.717, 1.165) is 89.5 Å². The first-order chi connectivity index (χ1) is 24.9. The molecule has 7 rings (SSSR count). The number of carbonyl (C=O) groups is 3. The summed E-state index contributed by atoms with van der Waals surface area (Å²) in [6.45, 7) is 10.8. The van der Waals surface area contributed by atoms with Crippen LogP contribution in [0.1, 0.15) is 95.3 Å². The van der Waals surface area contributed by atoms with Gasteiger partial charge in [-0.1, -0.05) is 56.3 Å². The molecule has 3 atom stereocenters. The molecule has 4 heterocycles. The molecule has 1 unspecified atom stereocenters. The zero-order valence-corrected chi connectivity index (χ0v) is 30.9. The number of likely N-dealkylation sites (tertiary alicyclic amines) is 2. The number of amides is 3. The molecule has 3 N–H and O–H groups in total. The van der Waals surface area contributed by atoms with Gasteiger partial charge in [0, 0.05) is 18.7 Å². The van der Waals surface area contributed by atoms with Crippen LogP contribution in [-0.4, -0.2) is 79.7 Å². The number of hydrogen-bond donors (Lipinski definition) is 3. The minimum Gasteiger partial charge on any atom is -0.453 e. The van der Waals surface area contributed by atoms with Gasteiger partial charge in [-0.3, -0.25) is 9.69 Å². The molecule has 52 heavy (non-hydrogen) atoms. The van der Waals surface area contributed by atoms with Crippen molar-refractivity contribution in [2.24, 2.45) is 5.92 Å². The van der Waals surface area contributed by atoms with E-state index in [0.29, 0.717) is 13.1 Å². The lowest BCUT2D eigenvalue weighted by Gasteiger charge is -2.30. The average Bonchev–Trinajstić information content (AvgIpc) is 3.95. The summed E-state index contributed by atoms with van der Waals surface area (Å²) in [7, 11) is 1.30. The minimum atomic E-state index is -0.670. The molecule has 4 aromatic rings. The van der Waals surface area contributed by atoms with Crippen LogP contribution in [0.15, 0.2) is 48.7 Å². The zero-order valence-electron chi connectivity index (χ0n) is 30.9. The molecule has 2 aromatic carbocycles. The molecule has 2 aromatic heterocycles. The van der Waals surface area contributed by atoms with Gasteiger partial charge < -0.3 is 29.7 Å². The van der Waals surface area contributed by atoms with Crippen LogP contribution in [0.25, 0.3) is 33.6 Å². The van der Waals surface area contributed by atoms with Crippen molar-refractivity contribution in [2.75, 3.05) is 20.2 Å². The number of carbonyl (C=O) groups excluding carboxylic acids is 3. The average molecular weight is 708 g/mol. The molecule has 12 heteroatoms. The summed E-state index contributed by atoms with van der Waals surface area (Å²) >= 11 is 0. The van der Waals surface area contributed by atoms with E-state index in [2.05, 4.69) is 62.7 Å². The number of hydrogen-bond acceptors (Lipinski definition) is 7. The maximum absolute atomic E-state index is 13.7. The Bertz CT molecular complexity index is 1960. The summed E-state index contributed by atoms with van der Waals surface area (Å²) in [6.07, 6.45) is 6.07. The highest BCUT2D eigenvalue weighted by molar-refractivity contribution is 5.86. The Morgan fingerprint density at radius 1 is 0.885 bits per heavy atom. The van der Waals surface area contributed by atoms with E-state index < -0.39 is 17.7 Å². The number of aromatic nitrogens is 4. The third kappa shape index (κ3) is 7.03. The number of aryl methyl sites for hydroxylation is 2. The molecular formula is C40H49N7O5. The van der Waals surface area contributed by atoms with Gasteiger partial charge in [-0.25, -0.2) is 19.6 Å². The van der Waals surface area contributed by atoms with E-state index in [1.807, 2.05) is 45.7 Å². The SMILES string of the molecule is COC(=O)N[C@H](C(=O)N1CCC[C@H]1c1nc2c([nH]1)-c1ccc(-c3ccc(-c4cnc(C5CCCN5C(=O)OC(C)(C)C)[nH]4)cc3)cc1CC2)C(C)C. The number of nitrogens with zero attached hydrogens (tertiary/aromatic N) is 4. The number of rotatable bonds is 7. The number of aromatic amines is 2. The maximum atomic E-state index is 13.7. The molecule has 12 nitrogen and oxygen atoms in total. The number of nitrogens with one attached hydrogen (secondary N) is 3. The lowest BCUT2D eigenvalue weighted by molar-refractivity contribution is -0.135. The predicted molar refractivity (Wildman–Crippen MR) is 197 cm³/mol. The lowest BCUT2D eigenvalue weighted by Crippen LogP contribution is -2.51. The second-order valence-electron chi connectivity index (χ2n) is 15.5. The summed E-state index contributed by atoms with van der Waals surface area (Å²) < 4.78 is 10.4. The Kier molecular flexibility index (Phi) is 9.58. The zero-order chi connectivity index (χ0) is 36.7. The molecule has 3 amide bonds. The fraction of sp³-hybridized carbons (Fsp3) is 0.475.